The van der Waals surface area contributed by atoms with Gasteiger partial charge in [0.2, 0.25) is 0 Å². The van der Waals surface area contributed by atoms with Crippen LogP contribution in [0.15, 0.2) is 24.3 Å². The van der Waals surface area contributed by atoms with E-state index in [-0.39, 0.29) is 30.4 Å². The van der Waals surface area contributed by atoms with Crippen LogP contribution in [0, 0.1) is 0 Å². The van der Waals surface area contributed by atoms with E-state index >= 15 is 0 Å². The van der Waals surface area contributed by atoms with Gasteiger partial charge in [0.15, 0.2) is 0 Å². The highest BCUT2D eigenvalue weighted by Gasteiger charge is 2.52. The lowest BCUT2D eigenvalue weighted by Crippen LogP contribution is -2.49. The third-order valence-corrected chi connectivity index (χ3v) is 6.14. The SMILES string of the molecule is Cl.O=C1NC2(CCCC2)C(=O)N1CCN1CCNCC1c1cccc(Cl)c1. The van der Waals surface area contributed by atoms with E-state index < -0.39 is 5.54 Å². The molecule has 2 heterocycles. The third-order valence-electron chi connectivity index (χ3n) is 5.90. The number of halogens is 2. The lowest BCUT2D eigenvalue weighted by Gasteiger charge is -2.37. The van der Waals surface area contributed by atoms with Crippen LogP contribution in [-0.2, 0) is 4.79 Å². The number of urea groups is 1. The van der Waals surface area contributed by atoms with Crippen LogP contribution in [0.4, 0.5) is 4.79 Å². The van der Waals surface area contributed by atoms with Gasteiger partial charge in [-0.3, -0.25) is 14.6 Å². The minimum absolute atomic E-state index is 0. The van der Waals surface area contributed by atoms with E-state index in [1.165, 1.54) is 4.90 Å². The standard InChI is InChI=1S/C19H25ClN4O2.ClH/c20-15-5-3-4-14(12-15)16-13-21-8-9-23(16)10-11-24-17(25)19(22-18(24)26)6-1-2-7-19;/h3-5,12,16,21H,1-2,6-11,13H2,(H,22,26);1H. The maximum Gasteiger partial charge on any atom is 0.325 e. The maximum atomic E-state index is 12.8. The fourth-order valence-electron chi connectivity index (χ4n) is 4.48. The Hall–Kier alpha value is -1.34. The molecule has 0 radical (unpaired) electrons. The second-order valence-electron chi connectivity index (χ2n) is 7.49. The second kappa shape index (κ2) is 8.35. The molecule has 2 N–H and O–H groups in total. The van der Waals surface area contributed by atoms with Crippen molar-refractivity contribution >= 4 is 35.9 Å². The molecule has 0 bridgehead atoms. The first kappa shape index (κ1) is 20.4. The topological polar surface area (TPSA) is 64.7 Å². The van der Waals surface area contributed by atoms with Crippen molar-refractivity contribution in [1.29, 1.82) is 0 Å². The molecule has 3 fully saturated rings. The molecule has 0 aromatic heterocycles. The average Bonchev–Trinajstić information content (AvgIpc) is 3.20. The van der Waals surface area contributed by atoms with Crippen LogP contribution in [0.2, 0.25) is 5.02 Å². The van der Waals surface area contributed by atoms with Gasteiger partial charge in [-0.15, -0.1) is 12.4 Å². The summed E-state index contributed by atoms with van der Waals surface area (Å²) < 4.78 is 0. The zero-order valence-electron chi connectivity index (χ0n) is 15.2. The number of hydrogen-bond donors (Lipinski definition) is 2. The van der Waals surface area contributed by atoms with Gasteiger partial charge in [0.1, 0.15) is 5.54 Å². The summed E-state index contributed by atoms with van der Waals surface area (Å²) in [6, 6.07) is 7.88. The molecule has 2 saturated heterocycles. The Morgan fingerprint density at radius 3 is 2.70 bits per heavy atom. The molecule has 6 nitrogen and oxygen atoms in total. The predicted octanol–water partition coefficient (Wildman–Crippen LogP) is 2.57. The van der Waals surface area contributed by atoms with E-state index in [0.717, 1.165) is 55.9 Å². The van der Waals surface area contributed by atoms with Crippen molar-refractivity contribution in [3.05, 3.63) is 34.9 Å². The number of nitrogens with one attached hydrogen (secondary N) is 2. The van der Waals surface area contributed by atoms with Crippen molar-refractivity contribution in [3.63, 3.8) is 0 Å². The van der Waals surface area contributed by atoms with Gasteiger partial charge in [-0.2, -0.15) is 0 Å². The summed E-state index contributed by atoms with van der Waals surface area (Å²) in [5, 5.41) is 7.11. The number of amides is 3. The minimum atomic E-state index is -0.618. The van der Waals surface area contributed by atoms with Gasteiger partial charge in [0.05, 0.1) is 0 Å². The first-order chi connectivity index (χ1) is 12.6. The summed E-state index contributed by atoms with van der Waals surface area (Å²) in [4.78, 5) is 28.9. The number of imide groups is 1. The highest BCUT2D eigenvalue weighted by Crippen LogP contribution is 2.35. The Kier molecular flexibility index (Phi) is 6.31. The van der Waals surface area contributed by atoms with Crippen molar-refractivity contribution in [2.24, 2.45) is 0 Å². The third kappa shape index (κ3) is 3.94. The first-order valence-electron chi connectivity index (χ1n) is 9.43. The Morgan fingerprint density at radius 1 is 1.19 bits per heavy atom. The summed E-state index contributed by atoms with van der Waals surface area (Å²) in [5.41, 5.74) is 0.543. The monoisotopic (exact) mass is 412 g/mol. The lowest BCUT2D eigenvalue weighted by molar-refractivity contribution is -0.131. The molecule has 1 aromatic rings. The largest absolute Gasteiger partial charge is 0.325 e. The Balaban J connectivity index is 0.00000210. The van der Waals surface area contributed by atoms with Crippen LogP contribution in [0.3, 0.4) is 0 Å². The fraction of sp³-hybridized carbons (Fsp3) is 0.579. The number of carbonyl (C=O) groups is 2. The number of nitrogens with zero attached hydrogens (tertiary/aromatic N) is 2. The lowest BCUT2D eigenvalue weighted by atomic mass is 9.98. The predicted molar refractivity (Wildman–Crippen MR) is 107 cm³/mol. The molecule has 2 aliphatic heterocycles. The molecule has 1 atom stereocenters. The van der Waals surface area contributed by atoms with Gasteiger partial charge in [-0.05, 0) is 30.5 Å². The van der Waals surface area contributed by atoms with Crippen molar-refractivity contribution in [2.75, 3.05) is 32.7 Å². The van der Waals surface area contributed by atoms with E-state index in [4.69, 9.17) is 11.6 Å². The number of hydrogen-bond acceptors (Lipinski definition) is 4. The van der Waals surface area contributed by atoms with Gasteiger partial charge in [0, 0.05) is 43.8 Å². The molecule has 3 amide bonds. The molecular weight excluding hydrogens is 387 g/mol. The van der Waals surface area contributed by atoms with Crippen molar-refractivity contribution < 1.29 is 9.59 Å². The molecule has 1 aliphatic carbocycles. The van der Waals surface area contributed by atoms with Crippen LogP contribution < -0.4 is 10.6 Å². The zero-order chi connectivity index (χ0) is 18.1. The van der Waals surface area contributed by atoms with Crippen LogP contribution in [0.25, 0.3) is 0 Å². The normalized spacial score (nSPS) is 24.9. The molecule has 1 unspecified atom stereocenters. The summed E-state index contributed by atoms with van der Waals surface area (Å²) in [5.74, 6) is -0.0329. The van der Waals surface area contributed by atoms with Gasteiger partial charge < -0.3 is 10.6 Å². The smallest absolute Gasteiger partial charge is 0.323 e. The van der Waals surface area contributed by atoms with Crippen LogP contribution >= 0.6 is 24.0 Å². The Labute approximate surface area is 171 Å². The minimum Gasteiger partial charge on any atom is -0.323 e. The van der Waals surface area contributed by atoms with Crippen molar-refractivity contribution in [1.82, 2.24) is 20.4 Å². The summed E-state index contributed by atoms with van der Waals surface area (Å²) in [6.45, 7) is 3.73. The number of carbonyl (C=O) groups excluding carboxylic acids is 2. The highest BCUT2D eigenvalue weighted by molar-refractivity contribution is 6.30. The average molecular weight is 413 g/mol. The summed E-state index contributed by atoms with van der Waals surface area (Å²) in [7, 11) is 0. The molecule has 148 valence electrons. The zero-order valence-corrected chi connectivity index (χ0v) is 16.8. The quantitative estimate of drug-likeness (QED) is 0.745. The van der Waals surface area contributed by atoms with Crippen molar-refractivity contribution in [3.8, 4) is 0 Å². The number of piperazine rings is 1. The van der Waals surface area contributed by atoms with Crippen LogP contribution in [0.1, 0.15) is 37.3 Å². The van der Waals surface area contributed by atoms with E-state index in [1.807, 2.05) is 18.2 Å². The van der Waals surface area contributed by atoms with Crippen LogP contribution in [-0.4, -0.2) is 60.0 Å². The summed E-state index contributed by atoms with van der Waals surface area (Å²) in [6.07, 6.45) is 3.56. The maximum absolute atomic E-state index is 12.8. The first-order valence-corrected chi connectivity index (χ1v) is 9.81. The van der Waals surface area contributed by atoms with Crippen LogP contribution in [0.5, 0.6) is 0 Å². The molecule has 1 saturated carbocycles. The van der Waals surface area contributed by atoms with E-state index in [0.29, 0.717) is 13.1 Å². The molecule has 8 heteroatoms. The van der Waals surface area contributed by atoms with Gasteiger partial charge in [0.25, 0.3) is 5.91 Å². The molecule has 4 rings (SSSR count). The van der Waals surface area contributed by atoms with Crippen molar-refractivity contribution in [2.45, 2.75) is 37.3 Å². The van der Waals surface area contributed by atoms with E-state index in [9.17, 15) is 9.59 Å². The Bertz CT molecular complexity index is 709. The number of rotatable bonds is 4. The Morgan fingerprint density at radius 2 is 1.96 bits per heavy atom. The number of benzene rings is 1. The molecule has 3 aliphatic rings. The second-order valence-corrected chi connectivity index (χ2v) is 7.92. The molecular formula is C19H26Cl2N4O2. The molecule has 1 aromatic carbocycles. The van der Waals surface area contributed by atoms with Gasteiger partial charge in [-0.1, -0.05) is 36.6 Å². The fourth-order valence-corrected chi connectivity index (χ4v) is 4.68. The van der Waals surface area contributed by atoms with E-state index in [2.05, 4.69) is 21.6 Å². The highest BCUT2D eigenvalue weighted by atomic mass is 35.5. The van der Waals surface area contributed by atoms with Gasteiger partial charge in [-0.25, -0.2) is 4.79 Å². The molecule has 27 heavy (non-hydrogen) atoms. The van der Waals surface area contributed by atoms with Gasteiger partial charge >= 0.3 is 6.03 Å². The molecule has 1 spiro atoms. The van der Waals surface area contributed by atoms with E-state index in [1.54, 1.807) is 0 Å². The summed E-state index contributed by atoms with van der Waals surface area (Å²) >= 11 is 6.16.